The van der Waals surface area contributed by atoms with E-state index >= 15 is 0 Å². The van der Waals surface area contributed by atoms with E-state index in [0.717, 1.165) is 6.42 Å². The zero-order valence-corrected chi connectivity index (χ0v) is 9.45. The second kappa shape index (κ2) is 4.98. The molecule has 15 heavy (non-hydrogen) atoms. The molecule has 0 aliphatic carbocycles. The van der Waals surface area contributed by atoms with E-state index in [1.54, 1.807) is 6.07 Å². The first-order chi connectivity index (χ1) is 7.02. The first-order valence-electron chi connectivity index (χ1n) is 5.05. The van der Waals surface area contributed by atoms with Crippen molar-refractivity contribution in [2.24, 2.45) is 5.92 Å². The second-order valence-corrected chi connectivity index (χ2v) is 4.05. The molecule has 0 saturated heterocycles. The summed E-state index contributed by atoms with van der Waals surface area (Å²) >= 11 is 0. The Morgan fingerprint density at radius 2 is 2.13 bits per heavy atom. The summed E-state index contributed by atoms with van der Waals surface area (Å²) in [7, 11) is 1.53. The largest absolute Gasteiger partial charge is 0.496 e. The molecule has 3 N–H and O–H groups in total. The lowest BCUT2D eigenvalue weighted by Crippen LogP contribution is -2.54. The van der Waals surface area contributed by atoms with Gasteiger partial charge in [0.25, 0.3) is 0 Å². The summed E-state index contributed by atoms with van der Waals surface area (Å²) < 4.78 is 10.1. The van der Waals surface area contributed by atoms with Crippen LogP contribution in [0.3, 0.4) is 0 Å². The van der Waals surface area contributed by atoms with Crippen LogP contribution in [0.25, 0.3) is 0 Å². The van der Waals surface area contributed by atoms with Crippen LogP contribution in [0.15, 0.2) is 21.3 Å². The van der Waals surface area contributed by atoms with Crippen molar-refractivity contribution in [3.63, 3.8) is 0 Å². The molecule has 1 aromatic heterocycles. The number of ether oxygens (including phenoxy) is 1. The molecule has 0 aromatic carbocycles. The van der Waals surface area contributed by atoms with Gasteiger partial charge in [-0.2, -0.15) is 0 Å². The maximum absolute atomic E-state index is 11.2. The predicted molar refractivity (Wildman–Crippen MR) is 56.6 cm³/mol. The van der Waals surface area contributed by atoms with E-state index in [1.807, 2.05) is 0 Å². The normalized spacial score (nSPS) is 12.9. The van der Waals surface area contributed by atoms with Crippen LogP contribution in [0.1, 0.15) is 32.1 Å². The first kappa shape index (κ1) is 11.8. The highest BCUT2D eigenvalue weighted by Crippen LogP contribution is 2.19. The van der Waals surface area contributed by atoms with Crippen LogP contribution in [-0.2, 0) is 0 Å². The van der Waals surface area contributed by atoms with Crippen molar-refractivity contribution >= 4 is 0 Å². The summed E-state index contributed by atoms with van der Waals surface area (Å²) in [6.45, 7) is 4.22. The topological polar surface area (TPSA) is 67.1 Å². The summed E-state index contributed by atoms with van der Waals surface area (Å²) in [5, 5.41) is 0. The minimum atomic E-state index is -0.387. The molecular formula is C11H18NO3+. The van der Waals surface area contributed by atoms with E-state index in [0.29, 0.717) is 17.4 Å². The smallest absolute Gasteiger partial charge is 0.339 e. The molecule has 0 aliphatic rings. The molecule has 1 atom stereocenters. The summed E-state index contributed by atoms with van der Waals surface area (Å²) in [5.41, 5.74) is 3.59. The van der Waals surface area contributed by atoms with E-state index < -0.39 is 0 Å². The highest BCUT2D eigenvalue weighted by molar-refractivity contribution is 5.21. The Hall–Kier alpha value is -1.29. The lowest BCUT2D eigenvalue weighted by atomic mass is 10.0. The van der Waals surface area contributed by atoms with E-state index in [4.69, 9.17) is 9.15 Å². The van der Waals surface area contributed by atoms with Gasteiger partial charge in [0, 0.05) is 12.5 Å². The Labute approximate surface area is 89.0 Å². The third-order valence-electron chi connectivity index (χ3n) is 2.16. The van der Waals surface area contributed by atoms with Gasteiger partial charge in [-0.1, -0.05) is 13.8 Å². The molecule has 4 nitrogen and oxygen atoms in total. The number of methoxy groups -OCH3 is 1. The molecule has 0 aliphatic heterocycles. The van der Waals surface area contributed by atoms with Crippen molar-refractivity contribution < 1.29 is 14.9 Å². The molecule has 0 fully saturated rings. The molecule has 1 rings (SSSR count). The van der Waals surface area contributed by atoms with Gasteiger partial charge >= 0.3 is 5.63 Å². The molecule has 0 radical (unpaired) electrons. The van der Waals surface area contributed by atoms with Gasteiger partial charge in [0.1, 0.15) is 11.8 Å². The van der Waals surface area contributed by atoms with Gasteiger partial charge < -0.3 is 14.9 Å². The van der Waals surface area contributed by atoms with Gasteiger partial charge in [-0.3, -0.25) is 0 Å². The SMILES string of the molecule is COc1cc([C@H]([NH3+])CC(C)C)oc(=O)c1. The van der Waals surface area contributed by atoms with Crippen molar-refractivity contribution in [1.82, 2.24) is 0 Å². The molecule has 0 bridgehead atoms. The fourth-order valence-electron chi connectivity index (χ4n) is 1.48. The Kier molecular flexibility index (Phi) is 3.91. The van der Waals surface area contributed by atoms with Crippen LogP contribution in [-0.4, -0.2) is 7.11 Å². The van der Waals surface area contributed by atoms with Crippen LogP contribution >= 0.6 is 0 Å². The van der Waals surface area contributed by atoms with E-state index in [9.17, 15) is 4.79 Å². The van der Waals surface area contributed by atoms with Crippen molar-refractivity contribution in [3.8, 4) is 5.75 Å². The summed E-state index contributed by atoms with van der Waals surface area (Å²) in [4.78, 5) is 11.2. The minimum Gasteiger partial charge on any atom is -0.496 e. The molecule has 84 valence electrons. The molecule has 0 spiro atoms. The van der Waals surface area contributed by atoms with E-state index in [1.165, 1.54) is 13.2 Å². The maximum atomic E-state index is 11.2. The van der Waals surface area contributed by atoms with Crippen LogP contribution in [0.2, 0.25) is 0 Å². The lowest BCUT2D eigenvalue weighted by molar-refractivity contribution is -0.434. The predicted octanol–water partition coefficient (Wildman–Crippen LogP) is 0.977. The highest BCUT2D eigenvalue weighted by atomic mass is 16.5. The number of rotatable bonds is 4. The maximum Gasteiger partial charge on any atom is 0.339 e. The van der Waals surface area contributed by atoms with Gasteiger partial charge in [-0.15, -0.1) is 0 Å². The molecule has 0 saturated carbocycles. The van der Waals surface area contributed by atoms with E-state index in [2.05, 4.69) is 19.6 Å². The monoisotopic (exact) mass is 212 g/mol. The van der Waals surface area contributed by atoms with Crippen LogP contribution < -0.4 is 16.1 Å². The van der Waals surface area contributed by atoms with Gasteiger partial charge in [-0.25, -0.2) is 4.79 Å². The number of quaternary nitrogens is 1. The number of hydrogen-bond donors (Lipinski definition) is 1. The molecular weight excluding hydrogens is 194 g/mol. The Balaban J connectivity index is 2.93. The second-order valence-electron chi connectivity index (χ2n) is 4.05. The molecule has 0 amide bonds. The van der Waals surface area contributed by atoms with Crippen molar-refractivity contribution in [3.05, 3.63) is 28.3 Å². The van der Waals surface area contributed by atoms with Crippen LogP contribution in [0.5, 0.6) is 5.75 Å². The fourth-order valence-corrected chi connectivity index (χ4v) is 1.48. The molecule has 1 heterocycles. The zero-order chi connectivity index (χ0) is 11.4. The van der Waals surface area contributed by atoms with E-state index in [-0.39, 0.29) is 11.7 Å². The van der Waals surface area contributed by atoms with Gasteiger partial charge in [0.15, 0.2) is 5.76 Å². The minimum absolute atomic E-state index is 0.00667. The van der Waals surface area contributed by atoms with Gasteiger partial charge in [0.05, 0.1) is 13.2 Å². The van der Waals surface area contributed by atoms with Crippen LogP contribution in [0.4, 0.5) is 0 Å². The fraction of sp³-hybridized carbons (Fsp3) is 0.545. The Morgan fingerprint density at radius 1 is 1.47 bits per heavy atom. The molecule has 1 aromatic rings. The summed E-state index contributed by atoms with van der Waals surface area (Å²) in [6.07, 6.45) is 0.885. The average molecular weight is 212 g/mol. The van der Waals surface area contributed by atoms with Gasteiger partial charge in [-0.05, 0) is 5.92 Å². The third-order valence-corrected chi connectivity index (χ3v) is 2.16. The summed E-state index contributed by atoms with van der Waals surface area (Å²) in [6, 6.07) is 3.04. The van der Waals surface area contributed by atoms with Crippen molar-refractivity contribution in [2.75, 3.05) is 7.11 Å². The lowest BCUT2D eigenvalue weighted by Gasteiger charge is -2.10. The third kappa shape index (κ3) is 3.40. The Morgan fingerprint density at radius 3 is 2.67 bits per heavy atom. The summed E-state index contributed by atoms with van der Waals surface area (Å²) in [5.74, 6) is 1.63. The number of hydrogen-bond acceptors (Lipinski definition) is 3. The van der Waals surface area contributed by atoms with Gasteiger partial charge in [0.2, 0.25) is 0 Å². The Bertz CT molecular complexity index is 370. The molecule has 4 heteroatoms. The average Bonchev–Trinajstić information content (AvgIpc) is 2.15. The first-order valence-corrected chi connectivity index (χ1v) is 5.05. The highest BCUT2D eigenvalue weighted by Gasteiger charge is 2.16. The standard InChI is InChI=1S/C11H17NO3/c1-7(2)4-9(12)10-5-8(14-3)6-11(13)15-10/h5-7,9H,4,12H2,1-3H3/p+1/t9-/m1/s1. The zero-order valence-electron chi connectivity index (χ0n) is 9.45. The van der Waals surface area contributed by atoms with Crippen molar-refractivity contribution in [1.29, 1.82) is 0 Å². The van der Waals surface area contributed by atoms with Crippen molar-refractivity contribution in [2.45, 2.75) is 26.3 Å². The quantitative estimate of drug-likeness (QED) is 0.808. The van der Waals surface area contributed by atoms with Crippen LogP contribution in [0, 0.1) is 5.92 Å². The molecule has 0 unspecified atom stereocenters.